The van der Waals surface area contributed by atoms with Crippen molar-refractivity contribution in [2.24, 2.45) is 0 Å². The second kappa shape index (κ2) is 9.50. The van der Waals surface area contributed by atoms with E-state index in [9.17, 15) is 44.3 Å². The van der Waals surface area contributed by atoms with Gasteiger partial charge in [-0.05, 0) is 73.4 Å². The Bertz CT molecular complexity index is 1660. The molecule has 0 bridgehead atoms. The van der Waals surface area contributed by atoms with Gasteiger partial charge >= 0.3 is 21.8 Å². The number of aryl methyl sites for hydroxylation is 1. The number of hydrogen-bond donors (Lipinski definition) is 0. The Hall–Kier alpha value is -4.07. The predicted molar refractivity (Wildman–Crippen MR) is 135 cm³/mol. The third kappa shape index (κ3) is 4.49. The molecular weight excluding hydrogens is 578 g/mol. The molecule has 1 unspecified atom stereocenters. The number of hydrogen-bond acceptors (Lipinski definition) is 5. The minimum atomic E-state index is -5.98. The van der Waals surface area contributed by atoms with E-state index in [1.165, 1.54) is 17.0 Å². The summed E-state index contributed by atoms with van der Waals surface area (Å²) in [5.74, 6) is -2.27. The maximum Gasteiger partial charge on any atom is 0.534 e. The molecule has 1 atom stereocenters. The number of fused-ring (bicyclic) bond motifs is 3. The molecule has 7 nitrogen and oxygen atoms in total. The smallest absolute Gasteiger partial charge is 0.376 e. The van der Waals surface area contributed by atoms with Crippen LogP contribution in [-0.4, -0.2) is 32.3 Å². The lowest BCUT2D eigenvalue weighted by atomic mass is 9.78. The molecule has 1 aliphatic heterocycles. The Labute approximate surface area is 230 Å². The van der Waals surface area contributed by atoms with E-state index in [4.69, 9.17) is 0 Å². The summed E-state index contributed by atoms with van der Waals surface area (Å²) in [6, 6.07) is 13.6. The molecule has 1 heterocycles. The zero-order valence-electron chi connectivity index (χ0n) is 21.1. The monoisotopic (exact) mass is 598 g/mol. The molecule has 14 heteroatoms. The second-order valence-electron chi connectivity index (χ2n) is 9.43. The van der Waals surface area contributed by atoms with Crippen molar-refractivity contribution in [3.8, 4) is 5.75 Å². The van der Waals surface area contributed by atoms with Crippen LogP contribution in [0.25, 0.3) is 0 Å². The first-order valence-corrected chi connectivity index (χ1v) is 13.6. The topological polar surface area (TPSA) is 84.0 Å². The van der Waals surface area contributed by atoms with Crippen molar-refractivity contribution < 1.29 is 48.5 Å². The fourth-order valence-electron chi connectivity index (χ4n) is 5.31. The van der Waals surface area contributed by atoms with Gasteiger partial charge in [-0.2, -0.15) is 34.8 Å². The van der Waals surface area contributed by atoms with Gasteiger partial charge in [0.1, 0.15) is 5.75 Å². The van der Waals surface area contributed by atoms with Crippen LogP contribution in [0.15, 0.2) is 66.7 Å². The molecule has 3 aromatic carbocycles. The van der Waals surface area contributed by atoms with Gasteiger partial charge in [0.15, 0.2) is 5.41 Å². The van der Waals surface area contributed by atoms with E-state index in [-0.39, 0.29) is 47.6 Å². The van der Waals surface area contributed by atoms with E-state index in [0.29, 0.717) is 0 Å². The summed E-state index contributed by atoms with van der Waals surface area (Å²) in [5.41, 5.74) is -8.34. The third-order valence-corrected chi connectivity index (χ3v) is 8.12. The number of alkyl halides is 6. The van der Waals surface area contributed by atoms with Crippen LogP contribution >= 0.6 is 0 Å². The lowest BCUT2D eigenvalue weighted by molar-refractivity contribution is -0.138. The number of para-hydroxylation sites is 1. The Balaban J connectivity index is 1.72. The molecule has 2 amide bonds. The van der Waals surface area contributed by atoms with Crippen LogP contribution in [0.5, 0.6) is 5.75 Å². The van der Waals surface area contributed by atoms with Crippen LogP contribution in [0.3, 0.4) is 0 Å². The fourth-order valence-corrected chi connectivity index (χ4v) is 5.76. The Morgan fingerprint density at radius 1 is 0.878 bits per heavy atom. The van der Waals surface area contributed by atoms with Crippen molar-refractivity contribution in [3.05, 3.63) is 83.4 Å². The van der Waals surface area contributed by atoms with E-state index >= 15 is 0 Å². The molecule has 3 aromatic rings. The summed E-state index contributed by atoms with van der Waals surface area (Å²) in [4.78, 5) is 31.0. The first kappa shape index (κ1) is 28.5. The summed E-state index contributed by atoms with van der Waals surface area (Å²) in [5, 5.41) is 0. The number of amides is 2. The number of likely N-dealkylation sites (N-methyl/N-ethyl adjacent to an activating group) is 1. The normalized spacial score (nSPS) is 19.3. The molecule has 1 aliphatic carbocycles. The lowest BCUT2D eigenvalue weighted by Gasteiger charge is -2.32. The highest BCUT2D eigenvalue weighted by atomic mass is 32.2. The Kier molecular flexibility index (Phi) is 6.59. The zero-order chi connectivity index (χ0) is 30.0. The average Bonchev–Trinajstić information content (AvgIpc) is 3.25. The van der Waals surface area contributed by atoms with Crippen LogP contribution in [0.4, 0.5) is 43.4 Å². The standard InChI is InChI=1S/C27H20F6N2O5S/c1-2-34-21-11-8-17(26(28,29)30)15-22(21)35(18-6-4-3-5-7-18)24(37)25(23(34)36)13-12-16-14-19(9-10-20(16)25)40-41(38,39)27(31,32)33/h3-11,14-15H,2,12-13H2,1H3. The van der Waals surface area contributed by atoms with Gasteiger partial charge in [0.05, 0.1) is 16.9 Å². The number of carbonyl (C=O) groups excluding carboxylic acids is 2. The van der Waals surface area contributed by atoms with E-state index < -0.39 is 50.3 Å². The van der Waals surface area contributed by atoms with Gasteiger partial charge in [0.2, 0.25) is 5.91 Å². The molecule has 0 aromatic heterocycles. The number of nitrogens with zero attached hydrogens (tertiary/aromatic N) is 2. The summed E-state index contributed by atoms with van der Waals surface area (Å²) in [6.07, 6.45) is -4.95. The molecule has 1 spiro atoms. The van der Waals surface area contributed by atoms with Gasteiger partial charge in [-0.1, -0.05) is 24.3 Å². The lowest BCUT2D eigenvalue weighted by Crippen LogP contribution is -2.53. The molecule has 5 rings (SSSR count). The summed E-state index contributed by atoms with van der Waals surface area (Å²) < 4.78 is 107. The molecule has 216 valence electrons. The number of carbonyl (C=O) groups is 2. The van der Waals surface area contributed by atoms with Gasteiger partial charge in [0.25, 0.3) is 5.91 Å². The van der Waals surface area contributed by atoms with Gasteiger partial charge in [-0.3, -0.25) is 14.5 Å². The minimum Gasteiger partial charge on any atom is -0.376 e. The zero-order valence-corrected chi connectivity index (χ0v) is 21.9. The van der Waals surface area contributed by atoms with E-state index in [0.717, 1.165) is 41.3 Å². The highest BCUT2D eigenvalue weighted by molar-refractivity contribution is 7.88. The number of rotatable bonds is 4. The summed E-state index contributed by atoms with van der Waals surface area (Å²) in [6.45, 7) is 1.57. The molecular formula is C27H20F6N2O5S. The summed E-state index contributed by atoms with van der Waals surface area (Å²) >= 11 is 0. The largest absolute Gasteiger partial charge is 0.534 e. The average molecular weight is 599 g/mol. The quantitative estimate of drug-likeness (QED) is 0.163. The van der Waals surface area contributed by atoms with E-state index in [1.54, 1.807) is 25.1 Å². The first-order valence-electron chi connectivity index (χ1n) is 12.2. The van der Waals surface area contributed by atoms with Crippen LogP contribution in [0.1, 0.15) is 30.0 Å². The fraction of sp³-hybridized carbons (Fsp3) is 0.259. The molecule has 2 aliphatic rings. The van der Waals surface area contributed by atoms with Crippen molar-refractivity contribution in [3.63, 3.8) is 0 Å². The SMILES string of the molecule is CCN1C(=O)C2(CCc3cc(OS(=O)(=O)C(F)(F)F)ccc32)C(=O)N(c2ccccc2)c2cc(C(F)(F)F)ccc21. The van der Waals surface area contributed by atoms with Crippen molar-refractivity contribution in [1.82, 2.24) is 0 Å². The molecule has 0 N–H and O–H groups in total. The highest BCUT2D eigenvalue weighted by Gasteiger charge is 2.58. The number of benzene rings is 3. The van der Waals surface area contributed by atoms with Crippen molar-refractivity contribution in [1.29, 1.82) is 0 Å². The van der Waals surface area contributed by atoms with Crippen molar-refractivity contribution in [2.75, 3.05) is 16.3 Å². The molecule has 0 fully saturated rings. The molecule has 0 saturated heterocycles. The maximum atomic E-state index is 14.5. The van der Waals surface area contributed by atoms with Gasteiger partial charge < -0.3 is 9.08 Å². The van der Waals surface area contributed by atoms with Gasteiger partial charge in [0, 0.05) is 12.2 Å². The van der Waals surface area contributed by atoms with E-state index in [2.05, 4.69) is 4.18 Å². The van der Waals surface area contributed by atoms with Gasteiger partial charge in [-0.25, -0.2) is 0 Å². The van der Waals surface area contributed by atoms with E-state index in [1.807, 2.05) is 0 Å². The maximum absolute atomic E-state index is 14.5. The number of anilines is 3. The number of halogens is 6. The third-order valence-electron chi connectivity index (χ3n) is 7.14. The molecule has 41 heavy (non-hydrogen) atoms. The molecule has 0 radical (unpaired) electrons. The Morgan fingerprint density at radius 2 is 1.56 bits per heavy atom. The van der Waals surface area contributed by atoms with Crippen LogP contribution in [0, 0.1) is 0 Å². The van der Waals surface area contributed by atoms with Crippen molar-refractivity contribution in [2.45, 2.75) is 36.9 Å². The van der Waals surface area contributed by atoms with Crippen LogP contribution < -0.4 is 14.0 Å². The molecule has 0 saturated carbocycles. The van der Waals surface area contributed by atoms with Crippen LogP contribution in [0.2, 0.25) is 0 Å². The second-order valence-corrected chi connectivity index (χ2v) is 11.0. The first-order chi connectivity index (χ1) is 19.1. The predicted octanol–water partition coefficient (Wildman–Crippen LogP) is 5.85. The van der Waals surface area contributed by atoms with Crippen molar-refractivity contribution >= 4 is 39.0 Å². The summed E-state index contributed by atoms with van der Waals surface area (Å²) in [7, 11) is -5.98. The van der Waals surface area contributed by atoms with Gasteiger partial charge in [-0.15, -0.1) is 0 Å². The Morgan fingerprint density at radius 3 is 2.17 bits per heavy atom. The minimum absolute atomic E-state index is 0.0186. The van der Waals surface area contributed by atoms with Crippen LogP contribution in [-0.2, 0) is 37.7 Å². The highest BCUT2D eigenvalue weighted by Crippen LogP contribution is 2.51.